The highest BCUT2D eigenvalue weighted by atomic mass is 32.2. The Balaban J connectivity index is 1.50. The Morgan fingerprint density at radius 3 is 2.23 bits per heavy atom. The third-order valence-electron chi connectivity index (χ3n) is 9.01. The summed E-state index contributed by atoms with van der Waals surface area (Å²) in [6.45, 7) is 8.96. The summed E-state index contributed by atoms with van der Waals surface area (Å²) in [6.07, 6.45) is 0.821. The van der Waals surface area contributed by atoms with Gasteiger partial charge in [-0.25, -0.2) is 13.2 Å². The summed E-state index contributed by atoms with van der Waals surface area (Å²) in [5.74, 6) is 0.793. The zero-order chi connectivity index (χ0) is 38.4. The molecule has 2 aromatic carbocycles. The number of benzene rings is 2. The predicted octanol–water partition coefficient (Wildman–Crippen LogP) is 5.96. The molecule has 0 radical (unpaired) electrons. The number of nitrogens with one attached hydrogen (secondary N) is 1. The summed E-state index contributed by atoms with van der Waals surface area (Å²) < 4.78 is 81.5. The van der Waals surface area contributed by atoms with Gasteiger partial charge in [-0.15, -0.1) is 0 Å². The fourth-order valence-corrected chi connectivity index (χ4v) is 8.97. The van der Waals surface area contributed by atoms with Crippen molar-refractivity contribution in [1.29, 1.82) is 0 Å². The average Bonchev–Trinajstić information content (AvgIpc) is 3.76. The molecule has 2 heterocycles. The van der Waals surface area contributed by atoms with E-state index in [-0.39, 0.29) is 49.2 Å². The van der Waals surface area contributed by atoms with E-state index in [1.54, 1.807) is 36.4 Å². The fourth-order valence-electron chi connectivity index (χ4n) is 6.00. The second kappa shape index (κ2) is 20.8. The first-order valence-corrected chi connectivity index (χ1v) is 21.7. The molecule has 0 aromatic heterocycles. The van der Waals surface area contributed by atoms with Crippen molar-refractivity contribution in [2.24, 2.45) is 11.8 Å². The second-order valence-corrected chi connectivity index (χ2v) is 17.7. The smallest absolute Gasteiger partial charge is 0.407 e. The SMILES string of the molecule is CCCCOP(=O)(COc1ccc(CC(NC(=O)OC2COC3OCCC23)C(O)CN(CC(C)C)S(=O)(=O)c2ccc(OC)cc2)cc1)OCCCC. The van der Waals surface area contributed by atoms with Crippen molar-refractivity contribution < 1.29 is 55.6 Å². The molecule has 0 spiro atoms. The van der Waals surface area contributed by atoms with Gasteiger partial charge >= 0.3 is 13.7 Å². The summed E-state index contributed by atoms with van der Waals surface area (Å²) >= 11 is 0. The van der Waals surface area contributed by atoms with Crippen LogP contribution in [-0.4, -0.2) is 101 Å². The van der Waals surface area contributed by atoms with E-state index in [9.17, 15) is 22.9 Å². The Kier molecular flexibility index (Phi) is 16.9. The van der Waals surface area contributed by atoms with E-state index in [1.807, 2.05) is 27.7 Å². The molecule has 2 aromatic rings. The lowest BCUT2D eigenvalue weighted by Crippen LogP contribution is -2.51. The first kappa shape index (κ1) is 43.0. The number of hydrogen-bond donors (Lipinski definition) is 2. The maximum absolute atomic E-state index is 13.8. The average molecular weight is 785 g/mol. The van der Waals surface area contributed by atoms with Gasteiger partial charge in [0.05, 0.1) is 56.5 Å². The van der Waals surface area contributed by atoms with E-state index < -0.39 is 48.3 Å². The molecule has 4 rings (SSSR count). The summed E-state index contributed by atoms with van der Waals surface area (Å²) in [4.78, 5) is 13.4. The number of fused-ring (bicyclic) bond motifs is 1. The number of nitrogens with zero attached hydrogens (tertiary/aromatic N) is 1. The van der Waals surface area contributed by atoms with E-state index in [1.165, 1.54) is 23.5 Å². The Morgan fingerprint density at radius 2 is 1.62 bits per heavy atom. The van der Waals surface area contributed by atoms with Crippen LogP contribution in [0.3, 0.4) is 0 Å². The molecule has 16 heteroatoms. The van der Waals surface area contributed by atoms with Gasteiger partial charge in [-0.3, -0.25) is 4.57 Å². The van der Waals surface area contributed by atoms with Crippen LogP contribution in [-0.2, 0) is 44.3 Å². The third-order valence-corrected chi connectivity index (χ3v) is 12.5. The molecule has 2 aliphatic rings. The molecule has 2 fully saturated rings. The first-order valence-electron chi connectivity index (χ1n) is 18.5. The molecule has 5 unspecified atom stereocenters. The van der Waals surface area contributed by atoms with Gasteiger partial charge in [0.25, 0.3) is 0 Å². The maximum Gasteiger partial charge on any atom is 0.407 e. The normalized spacial score (nSPS) is 20.0. The molecule has 1 amide bonds. The molecule has 5 atom stereocenters. The molecule has 14 nitrogen and oxygen atoms in total. The molecule has 2 N–H and O–H groups in total. The third kappa shape index (κ3) is 12.9. The number of unbranched alkanes of at least 4 members (excludes halogenated alkanes) is 2. The van der Waals surface area contributed by atoms with E-state index in [4.69, 9.17) is 32.7 Å². The number of rotatable bonds is 23. The van der Waals surface area contributed by atoms with Crippen LogP contribution in [0.5, 0.6) is 11.5 Å². The highest BCUT2D eigenvalue weighted by Gasteiger charge is 2.44. The summed E-state index contributed by atoms with van der Waals surface area (Å²) in [6, 6.07) is 12.0. The van der Waals surface area contributed by atoms with Gasteiger partial charge in [0.15, 0.2) is 12.6 Å². The lowest BCUT2D eigenvalue weighted by Gasteiger charge is -2.31. The highest BCUT2D eigenvalue weighted by Crippen LogP contribution is 2.48. The largest absolute Gasteiger partial charge is 0.497 e. The van der Waals surface area contributed by atoms with Crippen LogP contribution < -0.4 is 14.8 Å². The summed E-state index contributed by atoms with van der Waals surface area (Å²) in [5, 5.41) is 14.5. The lowest BCUT2D eigenvalue weighted by atomic mass is 10.0. The van der Waals surface area contributed by atoms with Crippen LogP contribution in [0.4, 0.5) is 4.79 Å². The van der Waals surface area contributed by atoms with Gasteiger partial charge in [-0.05, 0) is 73.6 Å². The molecular formula is C37H57N2O12PS. The van der Waals surface area contributed by atoms with Crippen molar-refractivity contribution in [3.63, 3.8) is 0 Å². The number of methoxy groups -OCH3 is 1. The lowest BCUT2D eigenvalue weighted by molar-refractivity contribution is -0.0907. The van der Waals surface area contributed by atoms with Gasteiger partial charge in [0, 0.05) is 13.1 Å². The number of ether oxygens (including phenoxy) is 5. The van der Waals surface area contributed by atoms with Gasteiger partial charge in [-0.1, -0.05) is 52.7 Å². The van der Waals surface area contributed by atoms with E-state index in [2.05, 4.69) is 5.32 Å². The number of hydrogen-bond acceptors (Lipinski definition) is 12. The molecule has 0 bridgehead atoms. The van der Waals surface area contributed by atoms with Gasteiger partial charge in [-0.2, -0.15) is 4.31 Å². The van der Waals surface area contributed by atoms with Crippen molar-refractivity contribution >= 4 is 23.7 Å². The molecule has 298 valence electrons. The minimum absolute atomic E-state index is 0.0521. The number of sulfonamides is 1. The monoisotopic (exact) mass is 784 g/mol. The zero-order valence-corrected chi connectivity index (χ0v) is 33.2. The Labute approximate surface area is 314 Å². The van der Waals surface area contributed by atoms with Crippen molar-refractivity contribution in [3.8, 4) is 11.5 Å². The molecular weight excluding hydrogens is 727 g/mol. The summed E-state index contributed by atoms with van der Waals surface area (Å²) in [5.41, 5.74) is 0.713. The molecule has 2 aliphatic heterocycles. The standard InChI is InChI=1S/C37H57N2O12PS/c1-6-8-19-49-52(42,50-20-9-7-2)26-48-30-12-10-28(11-13-30)22-33(38-37(41)51-35-25-47-36-32(35)18-21-46-36)34(40)24-39(23-27(3)4)53(43,44)31-16-14-29(45-5)15-17-31/h10-17,27,32-36,40H,6-9,18-26H2,1-5H3,(H,38,41). The van der Waals surface area contributed by atoms with Crippen molar-refractivity contribution in [2.45, 2.75) is 95.7 Å². The van der Waals surface area contributed by atoms with Crippen LogP contribution in [0.1, 0.15) is 65.4 Å². The van der Waals surface area contributed by atoms with Crippen molar-refractivity contribution in [2.75, 3.05) is 53.0 Å². The number of alkyl carbamates (subject to hydrolysis) is 1. The topological polar surface area (TPSA) is 168 Å². The van der Waals surface area contributed by atoms with Crippen molar-refractivity contribution in [3.05, 3.63) is 54.1 Å². The van der Waals surface area contributed by atoms with Crippen LogP contribution in [0.25, 0.3) is 0 Å². The Hall–Kier alpha value is -2.75. The number of aliphatic hydroxyl groups excluding tert-OH is 1. The van der Waals surface area contributed by atoms with Gasteiger partial charge in [0.1, 0.15) is 17.6 Å². The number of carbonyl (C=O) groups is 1. The van der Waals surface area contributed by atoms with E-state index in [0.717, 1.165) is 25.7 Å². The number of aliphatic hydroxyl groups is 1. The minimum Gasteiger partial charge on any atom is -0.497 e. The Morgan fingerprint density at radius 1 is 0.981 bits per heavy atom. The van der Waals surface area contributed by atoms with E-state index >= 15 is 0 Å². The first-order chi connectivity index (χ1) is 25.4. The van der Waals surface area contributed by atoms with Crippen molar-refractivity contribution in [1.82, 2.24) is 9.62 Å². The van der Waals surface area contributed by atoms with Gasteiger partial charge < -0.3 is 43.2 Å². The number of carbonyl (C=O) groups excluding carboxylic acids is 1. The quantitative estimate of drug-likeness (QED) is 0.100. The minimum atomic E-state index is -4.04. The Bertz CT molecular complexity index is 1550. The van der Waals surface area contributed by atoms with Crippen LogP contribution in [0.2, 0.25) is 0 Å². The second-order valence-electron chi connectivity index (χ2n) is 13.8. The van der Waals surface area contributed by atoms with Crippen LogP contribution in [0, 0.1) is 11.8 Å². The van der Waals surface area contributed by atoms with Crippen LogP contribution in [0.15, 0.2) is 53.4 Å². The molecule has 0 aliphatic carbocycles. The van der Waals surface area contributed by atoms with Crippen LogP contribution >= 0.6 is 7.60 Å². The molecule has 0 saturated carbocycles. The molecule has 2 saturated heterocycles. The summed E-state index contributed by atoms with van der Waals surface area (Å²) in [7, 11) is -6.02. The molecule has 53 heavy (non-hydrogen) atoms. The number of amides is 1. The fraction of sp³-hybridized carbons (Fsp3) is 0.649. The predicted molar refractivity (Wildman–Crippen MR) is 199 cm³/mol. The van der Waals surface area contributed by atoms with Gasteiger partial charge in [0.2, 0.25) is 10.0 Å². The highest BCUT2D eigenvalue weighted by molar-refractivity contribution is 7.89. The van der Waals surface area contributed by atoms with E-state index in [0.29, 0.717) is 43.3 Å². The zero-order valence-electron chi connectivity index (χ0n) is 31.5. The maximum atomic E-state index is 13.8.